The van der Waals surface area contributed by atoms with Crippen LogP contribution in [0, 0.1) is 12.1 Å². The second-order valence-electron chi connectivity index (χ2n) is 2.15. The Balaban J connectivity index is -0.0000000825. The van der Waals surface area contributed by atoms with E-state index < -0.39 is 0 Å². The molecule has 0 nitrogen and oxygen atoms in total. The fourth-order valence-corrected chi connectivity index (χ4v) is 0.684. The first-order valence-electron chi connectivity index (χ1n) is 6.82. The molecule has 0 saturated heterocycles. The van der Waals surface area contributed by atoms with Gasteiger partial charge in [0.25, 0.3) is 0 Å². The molecule has 2 aromatic carbocycles. The van der Waals surface area contributed by atoms with E-state index in [9.17, 15) is 0 Å². The van der Waals surface area contributed by atoms with Gasteiger partial charge in [-0.15, -0.1) is 0 Å². The van der Waals surface area contributed by atoms with Crippen LogP contribution >= 0.6 is 0 Å². The van der Waals surface area contributed by atoms with E-state index in [-0.39, 0.29) is 32.7 Å². The Bertz CT molecular complexity index is 181. The van der Waals surface area contributed by atoms with Crippen LogP contribution in [0.1, 0.15) is 41.5 Å². The topological polar surface area (TPSA) is 0 Å². The van der Waals surface area contributed by atoms with Crippen molar-refractivity contribution in [1.82, 2.24) is 0 Å². The minimum absolute atomic E-state index is 0. The minimum atomic E-state index is 0. The summed E-state index contributed by atoms with van der Waals surface area (Å²) >= 11 is 0. The van der Waals surface area contributed by atoms with Crippen LogP contribution in [0.2, 0.25) is 0 Å². The number of rotatable bonds is 0. The maximum Gasteiger partial charge on any atom is 0 e. The summed E-state index contributed by atoms with van der Waals surface area (Å²) < 4.78 is 0. The van der Waals surface area contributed by atoms with Gasteiger partial charge in [-0.2, -0.15) is 72.8 Å². The Hall–Kier alpha value is -0.456. The quantitative estimate of drug-likeness (QED) is 0.515. The molecule has 0 spiro atoms. The van der Waals surface area contributed by atoms with Crippen molar-refractivity contribution in [3.63, 3.8) is 0 Å². The SMILES string of the molecule is CC.CC.CC.[Y].[c-]1ccccc1.[c-]1ccccc1. The predicted molar refractivity (Wildman–Crippen MR) is 84.6 cm³/mol. The zero-order chi connectivity index (χ0) is 14.5. The van der Waals surface area contributed by atoms with Crippen LogP contribution in [0.25, 0.3) is 0 Å². The van der Waals surface area contributed by atoms with Gasteiger partial charge in [-0.1, -0.05) is 41.5 Å². The van der Waals surface area contributed by atoms with Crippen molar-refractivity contribution in [1.29, 1.82) is 0 Å². The first-order valence-corrected chi connectivity index (χ1v) is 6.82. The molecule has 0 aliphatic carbocycles. The van der Waals surface area contributed by atoms with Gasteiger partial charge < -0.3 is 0 Å². The van der Waals surface area contributed by atoms with Crippen molar-refractivity contribution in [2.45, 2.75) is 41.5 Å². The van der Waals surface area contributed by atoms with E-state index in [2.05, 4.69) is 12.1 Å². The predicted octanol–water partition coefficient (Wildman–Crippen LogP) is 6.05. The molecule has 0 heterocycles. The zero-order valence-corrected chi connectivity index (χ0v) is 16.2. The number of hydrogen-bond donors (Lipinski definition) is 0. The molecule has 1 heteroatoms. The van der Waals surface area contributed by atoms with Crippen molar-refractivity contribution in [3.05, 3.63) is 72.8 Å². The zero-order valence-electron chi connectivity index (χ0n) is 13.4. The van der Waals surface area contributed by atoms with Gasteiger partial charge in [0.05, 0.1) is 0 Å². The third-order valence-corrected chi connectivity index (χ3v) is 1.21. The van der Waals surface area contributed by atoms with Crippen molar-refractivity contribution >= 4 is 0 Å². The molecule has 2 rings (SSSR count). The van der Waals surface area contributed by atoms with E-state index in [0.29, 0.717) is 0 Å². The molecule has 0 atom stereocenters. The minimum Gasteiger partial charge on any atom is -0.184 e. The fourth-order valence-electron chi connectivity index (χ4n) is 0.684. The maximum absolute atomic E-state index is 2.89. The Morgan fingerprint density at radius 3 is 0.684 bits per heavy atom. The Morgan fingerprint density at radius 1 is 0.421 bits per heavy atom. The molecule has 0 aliphatic heterocycles. The molecule has 0 aromatic heterocycles. The second kappa shape index (κ2) is 36.0. The summed E-state index contributed by atoms with van der Waals surface area (Å²) in [5.41, 5.74) is 0. The molecule has 0 fully saturated rings. The molecule has 0 N–H and O–H groups in total. The summed E-state index contributed by atoms with van der Waals surface area (Å²) in [6.45, 7) is 12.0. The van der Waals surface area contributed by atoms with Crippen molar-refractivity contribution in [2.24, 2.45) is 0 Å². The standard InChI is InChI=1S/2C6H5.3C2H6.Y/c2*1-2-4-6-5-3-1;3*1-2;/h2*1-5H;3*1-2H3;/q2*-1;;;;. The van der Waals surface area contributed by atoms with E-state index in [0.717, 1.165) is 0 Å². The summed E-state index contributed by atoms with van der Waals surface area (Å²) in [6, 6.07) is 25.0. The number of hydrogen-bond acceptors (Lipinski definition) is 0. The molecule has 0 amide bonds. The van der Waals surface area contributed by atoms with Crippen LogP contribution in [0.3, 0.4) is 0 Å². The van der Waals surface area contributed by atoms with Crippen LogP contribution < -0.4 is 0 Å². The Labute approximate surface area is 146 Å². The van der Waals surface area contributed by atoms with E-state index in [1.165, 1.54) is 0 Å². The van der Waals surface area contributed by atoms with Crippen LogP contribution in [-0.2, 0) is 32.7 Å². The summed E-state index contributed by atoms with van der Waals surface area (Å²) in [5, 5.41) is 0. The second-order valence-corrected chi connectivity index (χ2v) is 2.15. The van der Waals surface area contributed by atoms with Gasteiger partial charge in [-0.25, -0.2) is 0 Å². The monoisotopic (exact) mass is 333 g/mol. The Kier molecular flexibility index (Phi) is 51.2. The van der Waals surface area contributed by atoms with E-state index >= 15 is 0 Å². The molecule has 0 bridgehead atoms. The van der Waals surface area contributed by atoms with Gasteiger partial charge in [0.2, 0.25) is 0 Å². The average Bonchev–Trinajstić information content (AvgIpc) is 2.57. The normalized spacial score (nSPS) is 6.00. The molecule has 0 aliphatic rings. The van der Waals surface area contributed by atoms with Crippen LogP contribution in [0.5, 0.6) is 0 Å². The third-order valence-electron chi connectivity index (χ3n) is 1.21. The first kappa shape index (κ1) is 27.0. The van der Waals surface area contributed by atoms with Crippen LogP contribution in [-0.4, -0.2) is 0 Å². The largest absolute Gasteiger partial charge is 0.184 e. The van der Waals surface area contributed by atoms with E-state index in [1.54, 1.807) is 0 Å². The van der Waals surface area contributed by atoms with Crippen LogP contribution in [0.15, 0.2) is 60.7 Å². The smallest absolute Gasteiger partial charge is 0 e. The Morgan fingerprint density at radius 2 is 0.632 bits per heavy atom. The molecule has 0 unspecified atom stereocenters. The molecule has 0 saturated carbocycles. The van der Waals surface area contributed by atoms with Crippen molar-refractivity contribution < 1.29 is 32.7 Å². The molecule has 105 valence electrons. The van der Waals surface area contributed by atoms with Gasteiger partial charge in [-0.05, 0) is 0 Å². The summed E-state index contributed by atoms with van der Waals surface area (Å²) in [6.07, 6.45) is 0. The summed E-state index contributed by atoms with van der Waals surface area (Å²) in [5.74, 6) is 0. The molecule has 1 radical (unpaired) electrons. The van der Waals surface area contributed by atoms with Gasteiger partial charge >= 0.3 is 0 Å². The molecule has 19 heavy (non-hydrogen) atoms. The first-order chi connectivity index (χ1) is 9.00. The molecule has 2 aromatic rings. The fraction of sp³-hybridized carbons (Fsp3) is 0.333. The van der Waals surface area contributed by atoms with Gasteiger partial charge in [-0.3, -0.25) is 0 Å². The van der Waals surface area contributed by atoms with Crippen molar-refractivity contribution in [2.75, 3.05) is 0 Å². The van der Waals surface area contributed by atoms with E-state index in [1.807, 2.05) is 102 Å². The average molecular weight is 333 g/mol. The van der Waals surface area contributed by atoms with E-state index in [4.69, 9.17) is 0 Å². The maximum atomic E-state index is 2.89. The van der Waals surface area contributed by atoms with Gasteiger partial charge in [0, 0.05) is 32.7 Å². The van der Waals surface area contributed by atoms with Gasteiger partial charge in [0.1, 0.15) is 0 Å². The molecular formula is C18H28Y-2. The summed E-state index contributed by atoms with van der Waals surface area (Å²) in [7, 11) is 0. The van der Waals surface area contributed by atoms with Gasteiger partial charge in [0.15, 0.2) is 0 Å². The number of benzene rings is 2. The molecular weight excluding hydrogens is 305 g/mol. The summed E-state index contributed by atoms with van der Waals surface area (Å²) in [4.78, 5) is 0. The third kappa shape index (κ3) is 31.8. The van der Waals surface area contributed by atoms with Crippen molar-refractivity contribution in [3.8, 4) is 0 Å². The van der Waals surface area contributed by atoms with Crippen LogP contribution in [0.4, 0.5) is 0 Å².